The Morgan fingerprint density at radius 2 is 1.75 bits per heavy atom. The topological polar surface area (TPSA) is 66.8 Å². The zero-order valence-electron chi connectivity index (χ0n) is 25.8. The van der Waals surface area contributed by atoms with E-state index in [0.29, 0.717) is 29.1 Å². The number of piperidine rings is 1. The summed E-state index contributed by atoms with van der Waals surface area (Å²) in [5, 5.41) is 9.81. The van der Waals surface area contributed by atoms with Crippen LogP contribution in [0, 0.1) is 16.7 Å². The number of carboxylic acids is 1. The molecule has 4 atom stereocenters. The first kappa shape index (κ1) is 31.1. The van der Waals surface area contributed by atoms with E-state index in [9.17, 15) is 14.7 Å². The van der Waals surface area contributed by atoms with Crippen LogP contribution in [0.5, 0.6) is 0 Å². The van der Waals surface area contributed by atoms with Crippen LogP contribution in [0.25, 0.3) is 0 Å². The van der Waals surface area contributed by atoms with Gasteiger partial charge in [-0.15, -0.1) is 0 Å². The van der Waals surface area contributed by atoms with Crippen LogP contribution in [0.1, 0.15) is 141 Å². The quantitative estimate of drug-likeness (QED) is 0.237. The number of nitrogens with zero attached hydrogens (tertiary/aromatic N) is 1. The Morgan fingerprint density at radius 1 is 1.07 bits per heavy atom. The highest BCUT2D eigenvalue weighted by molar-refractivity contribution is 5.81. The Bertz CT molecular complexity index is 952. The average Bonchev–Trinajstić information content (AvgIpc) is 3.35. The zero-order chi connectivity index (χ0) is 28.8. The summed E-state index contributed by atoms with van der Waals surface area (Å²) in [5.41, 5.74) is 3.49. The molecule has 5 nitrogen and oxygen atoms in total. The van der Waals surface area contributed by atoms with Crippen LogP contribution in [0.2, 0.25) is 0 Å². The molecule has 0 aromatic heterocycles. The molecule has 1 amide bonds. The summed E-state index contributed by atoms with van der Waals surface area (Å²) >= 11 is 0. The first-order valence-electron chi connectivity index (χ1n) is 16.5. The molecule has 0 radical (unpaired) electrons. The lowest BCUT2D eigenvalue weighted by molar-refractivity contribution is -0.143. The third-order valence-electron chi connectivity index (χ3n) is 10.7. The predicted molar refractivity (Wildman–Crippen MR) is 162 cm³/mol. The van der Waals surface area contributed by atoms with Gasteiger partial charge in [0.05, 0.1) is 5.92 Å². The molecular formula is C35H55NO4. The number of benzene rings is 1. The lowest BCUT2D eigenvalue weighted by Crippen LogP contribution is -2.44. The van der Waals surface area contributed by atoms with Crippen molar-refractivity contribution in [3.63, 3.8) is 0 Å². The molecule has 1 aliphatic carbocycles. The molecule has 1 spiro atoms. The Balaban J connectivity index is 1.37. The molecule has 1 aromatic rings. The Morgan fingerprint density at radius 3 is 2.30 bits per heavy atom. The molecule has 2 saturated heterocycles. The van der Waals surface area contributed by atoms with Crippen LogP contribution in [0.3, 0.4) is 0 Å². The van der Waals surface area contributed by atoms with Gasteiger partial charge < -0.3 is 14.7 Å². The van der Waals surface area contributed by atoms with Gasteiger partial charge in [-0.1, -0.05) is 71.2 Å². The van der Waals surface area contributed by atoms with Crippen LogP contribution >= 0.6 is 0 Å². The first-order chi connectivity index (χ1) is 19.2. The maximum atomic E-state index is 12.8. The van der Waals surface area contributed by atoms with Crippen molar-refractivity contribution in [1.82, 2.24) is 4.90 Å². The fourth-order valence-corrected chi connectivity index (χ4v) is 8.08. The van der Waals surface area contributed by atoms with Crippen molar-refractivity contribution in [2.24, 2.45) is 16.7 Å². The van der Waals surface area contributed by atoms with Gasteiger partial charge in [0.15, 0.2) is 0 Å². The van der Waals surface area contributed by atoms with Crippen molar-refractivity contribution in [2.45, 2.75) is 136 Å². The van der Waals surface area contributed by atoms with E-state index in [1.54, 1.807) is 0 Å². The molecule has 224 valence electrons. The second-order valence-corrected chi connectivity index (χ2v) is 13.7. The van der Waals surface area contributed by atoms with Crippen molar-refractivity contribution in [3.05, 3.63) is 35.4 Å². The van der Waals surface area contributed by atoms with Gasteiger partial charge >= 0.3 is 5.97 Å². The van der Waals surface area contributed by atoms with E-state index in [4.69, 9.17) is 4.74 Å². The minimum absolute atomic E-state index is 0.204. The van der Waals surface area contributed by atoms with Crippen LogP contribution in [-0.4, -0.2) is 47.7 Å². The molecule has 1 aromatic carbocycles. The third-order valence-corrected chi connectivity index (χ3v) is 10.7. The predicted octanol–water partition coefficient (Wildman–Crippen LogP) is 8.32. The molecule has 3 aliphatic rings. The number of carbonyl (C=O) groups is 2. The summed E-state index contributed by atoms with van der Waals surface area (Å²) in [5.74, 6) is 0.150. The first-order valence-corrected chi connectivity index (χ1v) is 16.5. The largest absolute Gasteiger partial charge is 0.481 e. The summed E-state index contributed by atoms with van der Waals surface area (Å²) in [4.78, 5) is 26.8. The van der Waals surface area contributed by atoms with E-state index in [2.05, 4.69) is 45.0 Å². The molecule has 1 saturated carbocycles. The van der Waals surface area contributed by atoms with Crippen LogP contribution < -0.4 is 0 Å². The summed E-state index contributed by atoms with van der Waals surface area (Å²) < 4.78 is 5.64. The highest BCUT2D eigenvalue weighted by atomic mass is 16.5. The van der Waals surface area contributed by atoms with Crippen molar-refractivity contribution in [2.75, 3.05) is 19.7 Å². The van der Waals surface area contributed by atoms with E-state index in [-0.39, 0.29) is 17.9 Å². The lowest BCUT2D eigenvalue weighted by Gasteiger charge is -2.34. The molecule has 5 heteroatoms. The van der Waals surface area contributed by atoms with Crippen LogP contribution in [0.15, 0.2) is 24.3 Å². The maximum absolute atomic E-state index is 12.8. The van der Waals surface area contributed by atoms with Gasteiger partial charge in [-0.3, -0.25) is 9.59 Å². The highest BCUT2D eigenvalue weighted by Crippen LogP contribution is 2.65. The number of aliphatic carboxylic acids is 1. The number of carboxylic acid groups (broad SMARTS) is 1. The zero-order valence-corrected chi connectivity index (χ0v) is 25.8. The Labute approximate surface area is 243 Å². The van der Waals surface area contributed by atoms with Crippen molar-refractivity contribution in [1.29, 1.82) is 0 Å². The molecule has 2 heterocycles. The minimum Gasteiger partial charge on any atom is -0.481 e. The molecule has 4 rings (SSSR count). The molecule has 0 bridgehead atoms. The second-order valence-electron chi connectivity index (χ2n) is 13.7. The normalized spacial score (nSPS) is 23.8. The van der Waals surface area contributed by atoms with Crippen molar-refractivity contribution < 1.29 is 19.4 Å². The molecule has 3 fully saturated rings. The molecule has 2 unspecified atom stereocenters. The molecule has 40 heavy (non-hydrogen) atoms. The van der Waals surface area contributed by atoms with Gasteiger partial charge in [-0.25, -0.2) is 0 Å². The number of ether oxygens (including phenoxy) is 1. The van der Waals surface area contributed by atoms with Crippen molar-refractivity contribution >= 4 is 11.9 Å². The summed E-state index contributed by atoms with van der Waals surface area (Å²) in [6.07, 6.45) is 14.9. The van der Waals surface area contributed by atoms with Crippen molar-refractivity contribution in [3.8, 4) is 0 Å². The third kappa shape index (κ3) is 7.49. The number of likely N-dealkylation sites (tertiary alicyclic amines) is 1. The maximum Gasteiger partial charge on any atom is 0.306 e. The number of hydrogen-bond acceptors (Lipinski definition) is 3. The van der Waals surface area contributed by atoms with Gasteiger partial charge in [0.2, 0.25) is 0 Å². The number of amides is 1. The highest BCUT2D eigenvalue weighted by Gasteiger charge is 2.55. The van der Waals surface area contributed by atoms with Gasteiger partial charge in [0.1, 0.15) is 6.10 Å². The standard InChI is InChI=1S/C35H55NO4/c1-5-16-34(4,17-6-2)18-8-10-29(24-26(7-3)33(38)39)27-12-14-28(15-13-27)30-25-35(30)19-21-36(22-20-35)32(37)31-11-9-23-40-31/h12-15,26,29-31H,5-11,16-25H2,1-4H3,(H,38,39)/t26?,29?,30-,31-/m1/s1. The molecule has 1 N–H and O–H groups in total. The lowest BCUT2D eigenvalue weighted by atomic mass is 9.75. The van der Waals surface area contributed by atoms with E-state index < -0.39 is 5.97 Å². The summed E-state index contributed by atoms with van der Waals surface area (Å²) in [6.45, 7) is 11.5. The molecule has 2 aliphatic heterocycles. The fraction of sp³-hybridized carbons (Fsp3) is 0.771. The smallest absolute Gasteiger partial charge is 0.306 e. The Kier molecular flexibility index (Phi) is 10.8. The van der Waals surface area contributed by atoms with Crippen LogP contribution in [0.4, 0.5) is 0 Å². The second kappa shape index (κ2) is 13.9. The summed E-state index contributed by atoms with van der Waals surface area (Å²) in [7, 11) is 0. The van der Waals surface area contributed by atoms with E-state index >= 15 is 0 Å². The Hall–Kier alpha value is -1.88. The summed E-state index contributed by atoms with van der Waals surface area (Å²) in [6, 6.07) is 9.25. The monoisotopic (exact) mass is 553 g/mol. The fourth-order valence-electron chi connectivity index (χ4n) is 8.08. The number of carbonyl (C=O) groups excluding carboxylic acids is 1. The van der Waals surface area contributed by atoms with Crippen LogP contribution in [-0.2, 0) is 14.3 Å². The van der Waals surface area contributed by atoms with E-state index in [1.807, 2.05) is 11.8 Å². The van der Waals surface area contributed by atoms with Gasteiger partial charge in [0, 0.05) is 19.7 Å². The number of rotatable bonds is 15. The van der Waals surface area contributed by atoms with E-state index in [0.717, 1.165) is 64.6 Å². The van der Waals surface area contributed by atoms with Gasteiger partial charge in [-0.2, -0.15) is 0 Å². The SMILES string of the molecule is CCCC(C)(CCC)CCCC(CC(CC)C(=O)O)c1ccc([C@H]2CC23CCN(C(=O)[C@H]2CCCO2)CC3)cc1. The minimum atomic E-state index is -0.657. The number of hydrogen-bond donors (Lipinski definition) is 1. The van der Waals surface area contributed by atoms with Gasteiger partial charge in [0.25, 0.3) is 5.91 Å². The van der Waals surface area contributed by atoms with E-state index in [1.165, 1.54) is 49.7 Å². The van der Waals surface area contributed by atoms with Gasteiger partial charge in [-0.05, 0) is 104 Å². The average molecular weight is 554 g/mol. The molecular weight excluding hydrogens is 498 g/mol.